The molecule has 9 nitrogen and oxygen atoms in total. The van der Waals surface area contributed by atoms with Crippen LogP contribution in [-0.4, -0.2) is 45.8 Å². The molecule has 51 heavy (non-hydrogen) atoms. The van der Waals surface area contributed by atoms with Gasteiger partial charge in [-0.15, -0.1) is 0 Å². The summed E-state index contributed by atoms with van der Waals surface area (Å²) in [7, 11) is 0. The zero-order valence-electron chi connectivity index (χ0n) is 26.7. The Labute approximate surface area is 289 Å². The van der Waals surface area contributed by atoms with Crippen molar-refractivity contribution in [1.29, 1.82) is 0 Å². The quantitative estimate of drug-likeness (QED) is 0.0505. The maximum Gasteiger partial charge on any atom is 0.204 e. The van der Waals surface area contributed by atoms with Crippen LogP contribution in [-0.2, 0) is 6.42 Å². The Kier molecular flexibility index (Phi) is 6.34. The van der Waals surface area contributed by atoms with Crippen molar-refractivity contribution in [2.45, 2.75) is 12.8 Å². The first kappa shape index (κ1) is 30.1. The van der Waals surface area contributed by atoms with Crippen molar-refractivity contribution in [2.75, 3.05) is 0 Å². The first-order chi connectivity index (χ1) is 24.7. The van der Waals surface area contributed by atoms with E-state index in [0.717, 1.165) is 39.7 Å². The molecule has 0 radical (unpaired) electrons. The molecule has 250 valence electrons. The highest BCUT2D eigenvalue weighted by molar-refractivity contribution is 6.32. The number of hydrogen-bond donors (Lipinski definition) is 9. The van der Waals surface area contributed by atoms with E-state index >= 15 is 0 Å². The van der Waals surface area contributed by atoms with Gasteiger partial charge in [0.05, 0.1) is 0 Å². The third-order valence-electron chi connectivity index (χ3n) is 10.1. The molecule has 0 saturated carbocycles. The molecule has 9 N–H and O–H groups in total. The van der Waals surface area contributed by atoms with E-state index in [1.165, 1.54) is 0 Å². The SMILES string of the molecule is Oc1c(O)c(O)c2c(-c3cccc4[nH]c5c(c34)CCC=C5)c3c(O)c(O)c(O)c(O)c3c(-c3ccc(-c4ccccc4)c4ccccc34)c2c1O. The van der Waals surface area contributed by atoms with Crippen LogP contribution in [0.1, 0.15) is 17.7 Å². The van der Waals surface area contributed by atoms with E-state index in [2.05, 4.69) is 4.98 Å². The number of phenolic OH excluding ortho intramolecular Hbond substituents is 8. The molecule has 0 spiro atoms. The number of aromatic amines is 1. The molecule has 0 unspecified atom stereocenters. The Balaban J connectivity index is 1.56. The van der Waals surface area contributed by atoms with Crippen molar-refractivity contribution >= 4 is 49.3 Å². The topological polar surface area (TPSA) is 178 Å². The predicted octanol–water partition coefficient (Wildman–Crippen LogP) is 9.23. The number of aromatic nitrogens is 1. The van der Waals surface area contributed by atoms with Crippen molar-refractivity contribution in [3.8, 4) is 79.4 Å². The molecule has 9 rings (SSSR count). The lowest BCUT2D eigenvalue weighted by Gasteiger charge is -2.24. The van der Waals surface area contributed by atoms with Crippen molar-refractivity contribution in [3.05, 3.63) is 102 Å². The number of nitrogens with one attached hydrogen (secondary N) is 1. The van der Waals surface area contributed by atoms with Crippen molar-refractivity contribution in [3.63, 3.8) is 0 Å². The molecule has 1 heterocycles. The normalized spacial score (nSPS) is 12.7. The molecule has 0 fully saturated rings. The zero-order chi connectivity index (χ0) is 35.3. The summed E-state index contributed by atoms with van der Waals surface area (Å²) in [5.41, 5.74) is 5.16. The van der Waals surface area contributed by atoms with Crippen molar-refractivity contribution < 1.29 is 40.9 Å². The third-order valence-corrected chi connectivity index (χ3v) is 10.1. The molecule has 0 aliphatic heterocycles. The summed E-state index contributed by atoms with van der Waals surface area (Å²) in [4.78, 5) is 3.40. The third kappa shape index (κ3) is 4.03. The number of phenols is 8. The number of fused-ring (bicyclic) bond motifs is 6. The van der Waals surface area contributed by atoms with Gasteiger partial charge in [-0.1, -0.05) is 84.9 Å². The van der Waals surface area contributed by atoms with Gasteiger partial charge >= 0.3 is 0 Å². The fraction of sp³-hybridized carbons (Fsp3) is 0.0476. The van der Waals surface area contributed by atoms with Crippen LogP contribution in [0.2, 0.25) is 0 Å². The summed E-state index contributed by atoms with van der Waals surface area (Å²) in [5.74, 6) is -7.27. The van der Waals surface area contributed by atoms with Crippen LogP contribution in [0.15, 0.2) is 91.0 Å². The predicted molar refractivity (Wildman–Crippen MR) is 198 cm³/mol. The van der Waals surface area contributed by atoms with Gasteiger partial charge in [0, 0.05) is 49.3 Å². The number of rotatable bonds is 3. The highest BCUT2D eigenvalue weighted by atomic mass is 16.4. The maximum absolute atomic E-state index is 11.8. The Bertz CT molecular complexity index is 2750. The van der Waals surface area contributed by atoms with Crippen LogP contribution in [0.4, 0.5) is 0 Å². The number of H-pyrrole nitrogens is 1. The summed E-state index contributed by atoms with van der Waals surface area (Å²) in [6.45, 7) is 0. The summed E-state index contributed by atoms with van der Waals surface area (Å²) in [5, 5.41) is 92.8. The molecule has 0 atom stereocenters. The summed E-state index contributed by atoms with van der Waals surface area (Å²) < 4.78 is 0. The largest absolute Gasteiger partial charge is 0.504 e. The van der Waals surface area contributed by atoms with Crippen LogP contribution >= 0.6 is 0 Å². The lowest BCUT2D eigenvalue weighted by Crippen LogP contribution is -1.97. The number of aryl methyl sites for hydroxylation is 1. The van der Waals surface area contributed by atoms with Gasteiger partial charge in [-0.25, -0.2) is 0 Å². The average molecular weight is 676 g/mol. The van der Waals surface area contributed by atoms with E-state index in [-0.39, 0.29) is 32.7 Å². The molecule has 8 aromatic rings. The average Bonchev–Trinajstić information content (AvgIpc) is 3.55. The minimum atomic E-state index is -1.01. The van der Waals surface area contributed by atoms with E-state index in [4.69, 9.17) is 0 Å². The first-order valence-electron chi connectivity index (χ1n) is 16.3. The lowest BCUT2D eigenvalue weighted by molar-refractivity contribution is 0.350. The van der Waals surface area contributed by atoms with Crippen molar-refractivity contribution in [2.24, 2.45) is 0 Å². The smallest absolute Gasteiger partial charge is 0.204 e. The Morgan fingerprint density at radius 1 is 0.431 bits per heavy atom. The Morgan fingerprint density at radius 2 is 0.941 bits per heavy atom. The zero-order valence-corrected chi connectivity index (χ0v) is 26.7. The molecule has 1 aliphatic carbocycles. The lowest BCUT2D eigenvalue weighted by atomic mass is 9.81. The number of benzene rings is 7. The van der Waals surface area contributed by atoms with E-state index in [1.807, 2.05) is 78.9 Å². The van der Waals surface area contributed by atoms with Crippen LogP contribution in [0.5, 0.6) is 46.0 Å². The van der Waals surface area contributed by atoms with E-state index in [0.29, 0.717) is 28.3 Å². The van der Waals surface area contributed by atoms with Gasteiger partial charge in [-0.3, -0.25) is 0 Å². The summed E-state index contributed by atoms with van der Waals surface area (Å²) in [6.07, 6.45) is 5.41. The molecular formula is C42H29NO8. The highest BCUT2D eigenvalue weighted by Crippen LogP contribution is 2.63. The molecule has 7 aromatic carbocycles. The van der Waals surface area contributed by atoms with Gasteiger partial charge in [0.25, 0.3) is 0 Å². The molecule has 1 aromatic heterocycles. The number of allylic oxidation sites excluding steroid dienone is 1. The summed E-state index contributed by atoms with van der Waals surface area (Å²) >= 11 is 0. The molecule has 1 aliphatic rings. The van der Waals surface area contributed by atoms with E-state index in [9.17, 15) is 40.9 Å². The van der Waals surface area contributed by atoms with Crippen LogP contribution < -0.4 is 0 Å². The second kappa shape index (κ2) is 10.8. The minimum absolute atomic E-state index is 0.0111. The highest BCUT2D eigenvalue weighted by Gasteiger charge is 2.34. The maximum atomic E-state index is 11.8. The second-order valence-electron chi connectivity index (χ2n) is 12.8. The molecule has 0 amide bonds. The van der Waals surface area contributed by atoms with Gasteiger partial charge < -0.3 is 45.8 Å². The van der Waals surface area contributed by atoms with Gasteiger partial charge in [0.15, 0.2) is 23.0 Å². The molecule has 9 heteroatoms. The van der Waals surface area contributed by atoms with Gasteiger partial charge in [-0.2, -0.15) is 0 Å². The fourth-order valence-corrected chi connectivity index (χ4v) is 7.92. The summed E-state index contributed by atoms with van der Waals surface area (Å²) in [6, 6.07) is 26.0. The van der Waals surface area contributed by atoms with Gasteiger partial charge in [-0.05, 0) is 63.6 Å². The molecular weight excluding hydrogens is 646 g/mol. The van der Waals surface area contributed by atoms with Crippen LogP contribution in [0.25, 0.3) is 82.7 Å². The molecule has 0 saturated heterocycles. The minimum Gasteiger partial charge on any atom is -0.504 e. The standard InChI is InChI=1S/C42H29NO8/c44-35-31-29(23-18-17-20(19-9-2-1-3-10-19)21-11-4-5-12-22(21)23)32-34(38(47)42(51)40(49)36(32)45)30(33(31)37(46)41(50)39(35)48)25-14-8-16-27-28(25)24-13-6-7-15-26(24)43-27/h1-5,7-12,14-18,43-51H,6,13H2. The Morgan fingerprint density at radius 3 is 1.53 bits per heavy atom. The molecule has 0 bridgehead atoms. The van der Waals surface area contributed by atoms with Gasteiger partial charge in [0.1, 0.15) is 0 Å². The van der Waals surface area contributed by atoms with Crippen molar-refractivity contribution in [1.82, 2.24) is 4.98 Å². The van der Waals surface area contributed by atoms with E-state index < -0.39 is 46.0 Å². The number of hydrogen-bond acceptors (Lipinski definition) is 8. The fourth-order valence-electron chi connectivity index (χ4n) is 7.92. The number of aromatic hydroxyl groups is 8. The van der Waals surface area contributed by atoms with Crippen LogP contribution in [0.3, 0.4) is 0 Å². The van der Waals surface area contributed by atoms with E-state index in [1.54, 1.807) is 18.2 Å². The Hall–Kier alpha value is -7.00. The first-order valence-corrected chi connectivity index (χ1v) is 16.3. The monoisotopic (exact) mass is 675 g/mol. The second-order valence-corrected chi connectivity index (χ2v) is 12.8. The van der Waals surface area contributed by atoms with Gasteiger partial charge in [0.2, 0.25) is 23.0 Å². The van der Waals surface area contributed by atoms with Crippen LogP contribution in [0, 0.1) is 0 Å².